The van der Waals surface area contributed by atoms with Crippen molar-refractivity contribution >= 4 is 0 Å². The van der Waals surface area contributed by atoms with E-state index in [-0.39, 0.29) is 0 Å². The highest BCUT2D eigenvalue weighted by molar-refractivity contribution is 5.63. The highest BCUT2D eigenvalue weighted by Crippen LogP contribution is 2.47. The third-order valence-electron chi connectivity index (χ3n) is 24.3. The van der Waals surface area contributed by atoms with Gasteiger partial charge in [-0.05, 0) is 269 Å². The van der Waals surface area contributed by atoms with E-state index in [9.17, 15) is 0 Å². The molecule has 0 heteroatoms. The zero-order valence-electron chi connectivity index (χ0n) is 58.9. The molecule has 0 N–H and O–H groups in total. The molecule has 496 valence electrons. The molecule has 0 bridgehead atoms. The molecular formula is C97H108. The van der Waals surface area contributed by atoms with Crippen LogP contribution in [0.3, 0.4) is 0 Å². The van der Waals surface area contributed by atoms with Crippen molar-refractivity contribution in [3.05, 3.63) is 355 Å². The SMILES string of the molecule is C1=CC2C(C3=CCCC=C3)=CC=C(Cc3ccc(CC4CCC(Cc5ccccc5)CC4)cc3)C2=C1.C1=CC2C(C3=CCCC=C3)=CC=C(Cc3ccc(CCC4CCCCC4)cc3)C2=C1.CC1CC(C)C(c2ccc(CC3=CC=C(C4=CCCC=C4)C4C=CC=C34)cc2)CC1C. The average Bonchev–Trinajstić information content (AvgIpc) is 1.84. The topological polar surface area (TPSA) is 0 Å². The summed E-state index contributed by atoms with van der Waals surface area (Å²) in [4.78, 5) is 0. The van der Waals surface area contributed by atoms with E-state index in [2.05, 4.69) is 270 Å². The fraction of sp³-hybridized carbons (Fsp3) is 0.381. The Labute approximate surface area is 585 Å². The predicted octanol–water partition coefficient (Wildman–Crippen LogP) is 25.3. The Balaban J connectivity index is 0.000000125. The molecular weight excluding hydrogens is 1170 g/mol. The van der Waals surface area contributed by atoms with E-state index in [4.69, 9.17) is 0 Å². The van der Waals surface area contributed by atoms with Crippen molar-refractivity contribution in [3.63, 3.8) is 0 Å². The number of hydrogen-bond acceptors (Lipinski definition) is 0. The van der Waals surface area contributed by atoms with E-state index in [0.717, 1.165) is 67.1 Å². The van der Waals surface area contributed by atoms with Gasteiger partial charge in [-0.25, -0.2) is 0 Å². The first-order valence-corrected chi connectivity index (χ1v) is 38.6. The molecule has 4 aromatic rings. The Bertz CT molecular complexity index is 4010. The van der Waals surface area contributed by atoms with Crippen LogP contribution in [0.4, 0.5) is 0 Å². The lowest BCUT2D eigenvalue weighted by Crippen LogP contribution is -2.26. The molecule has 0 aliphatic heterocycles. The fourth-order valence-electron chi connectivity index (χ4n) is 18.4. The third kappa shape index (κ3) is 16.7. The minimum absolute atomic E-state index is 0.426. The van der Waals surface area contributed by atoms with Gasteiger partial charge in [0.05, 0.1) is 0 Å². The van der Waals surface area contributed by atoms with E-state index in [1.165, 1.54) is 229 Å². The largest absolute Gasteiger partial charge is 0.0836 e. The van der Waals surface area contributed by atoms with Crippen molar-refractivity contribution in [1.29, 1.82) is 0 Å². The number of benzene rings is 4. The molecule has 0 heterocycles. The minimum atomic E-state index is 0.426. The zero-order chi connectivity index (χ0) is 65.7. The van der Waals surface area contributed by atoms with Gasteiger partial charge in [0.25, 0.3) is 0 Å². The first kappa shape index (κ1) is 66.4. The predicted molar refractivity (Wildman–Crippen MR) is 414 cm³/mol. The van der Waals surface area contributed by atoms with Crippen LogP contribution in [0.1, 0.15) is 181 Å². The van der Waals surface area contributed by atoms with Crippen molar-refractivity contribution < 1.29 is 0 Å². The van der Waals surface area contributed by atoms with Crippen molar-refractivity contribution in [2.24, 2.45) is 53.3 Å². The Morgan fingerprint density at radius 1 is 0.330 bits per heavy atom. The summed E-state index contributed by atoms with van der Waals surface area (Å²) in [6, 6.07) is 39.7. The van der Waals surface area contributed by atoms with Crippen LogP contribution in [0.25, 0.3) is 0 Å². The third-order valence-corrected chi connectivity index (χ3v) is 24.3. The molecule has 16 rings (SSSR count). The van der Waals surface area contributed by atoms with E-state index in [1.807, 2.05) is 0 Å². The Kier molecular flexibility index (Phi) is 22.1. The molecule has 0 radical (unpaired) electrons. The van der Waals surface area contributed by atoms with Crippen molar-refractivity contribution in [2.45, 2.75) is 181 Å². The molecule has 12 aliphatic rings. The number of hydrogen-bond donors (Lipinski definition) is 0. The normalized spacial score (nSPS) is 26.9. The lowest BCUT2D eigenvalue weighted by atomic mass is 9.68. The summed E-state index contributed by atoms with van der Waals surface area (Å²) >= 11 is 0. The Morgan fingerprint density at radius 2 is 0.732 bits per heavy atom. The quantitative estimate of drug-likeness (QED) is 0.0988. The maximum absolute atomic E-state index is 2.45. The van der Waals surface area contributed by atoms with Gasteiger partial charge in [-0.3, -0.25) is 0 Å². The summed E-state index contributed by atoms with van der Waals surface area (Å²) in [5.74, 6) is 7.21. The van der Waals surface area contributed by atoms with Crippen LogP contribution in [0, 0.1) is 53.3 Å². The highest BCUT2D eigenvalue weighted by Gasteiger charge is 2.33. The van der Waals surface area contributed by atoms with E-state index < -0.39 is 0 Å². The molecule has 3 fully saturated rings. The van der Waals surface area contributed by atoms with Crippen LogP contribution >= 0.6 is 0 Å². The molecule has 0 aromatic heterocycles. The molecule has 12 aliphatic carbocycles. The smallest absolute Gasteiger partial charge is 0.0281 e. The van der Waals surface area contributed by atoms with Gasteiger partial charge in [-0.1, -0.05) is 302 Å². The average molecular weight is 1270 g/mol. The molecule has 0 amide bonds. The summed E-state index contributed by atoms with van der Waals surface area (Å²) in [7, 11) is 0. The van der Waals surface area contributed by atoms with Crippen LogP contribution < -0.4 is 0 Å². The van der Waals surface area contributed by atoms with Gasteiger partial charge in [-0.2, -0.15) is 0 Å². The molecule has 3 saturated carbocycles. The maximum Gasteiger partial charge on any atom is 0.0281 e. The lowest BCUT2D eigenvalue weighted by Gasteiger charge is -2.37. The van der Waals surface area contributed by atoms with Gasteiger partial charge in [0.15, 0.2) is 0 Å². The fourth-order valence-corrected chi connectivity index (χ4v) is 18.4. The number of allylic oxidation sites excluding steroid dienone is 36. The van der Waals surface area contributed by atoms with Crippen LogP contribution in [0.5, 0.6) is 0 Å². The molecule has 0 spiro atoms. The number of fused-ring (bicyclic) bond motifs is 3. The summed E-state index contributed by atoms with van der Waals surface area (Å²) in [6.45, 7) is 7.32. The first-order chi connectivity index (χ1) is 47.8. The Hall–Kier alpha value is -7.80. The molecule has 0 saturated heterocycles. The van der Waals surface area contributed by atoms with Crippen LogP contribution in [-0.2, 0) is 38.5 Å². The molecule has 7 atom stereocenters. The summed E-state index contributed by atoms with van der Waals surface area (Å²) in [5, 5.41) is 0. The van der Waals surface area contributed by atoms with Gasteiger partial charge in [0.1, 0.15) is 0 Å². The molecule has 7 unspecified atom stereocenters. The van der Waals surface area contributed by atoms with Gasteiger partial charge in [0, 0.05) is 17.8 Å². The van der Waals surface area contributed by atoms with Crippen molar-refractivity contribution in [2.75, 3.05) is 0 Å². The van der Waals surface area contributed by atoms with Crippen LogP contribution in [0.2, 0.25) is 0 Å². The van der Waals surface area contributed by atoms with E-state index in [1.54, 1.807) is 5.56 Å². The van der Waals surface area contributed by atoms with Crippen LogP contribution in [-0.4, -0.2) is 0 Å². The van der Waals surface area contributed by atoms with E-state index >= 15 is 0 Å². The molecule has 4 aromatic carbocycles. The lowest BCUT2D eigenvalue weighted by molar-refractivity contribution is 0.190. The van der Waals surface area contributed by atoms with Gasteiger partial charge >= 0.3 is 0 Å². The summed E-state index contributed by atoms with van der Waals surface area (Å²) < 4.78 is 0. The second-order valence-corrected chi connectivity index (χ2v) is 31.1. The second kappa shape index (κ2) is 32.3. The van der Waals surface area contributed by atoms with Gasteiger partial charge < -0.3 is 0 Å². The first-order valence-electron chi connectivity index (χ1n) is 38.6. The van der Waals surface area contributed by atoms with E-state index in [0.29, 0.717) is 17.8 Å². The van der Waals surface area contributed by atoms with Gasteiger partial charge in [0.2, 0.25) is 0 Å². The minimum Gasteiger partial charge on any atom is -0.0836 e. The summed E-state index contributed by atoms with van der Waals surface area (Å²) in [6.07, 6.45) is 86.9. The molecule has 97 heavy (non-hydrogen) atoms. The maximum atomic E-state index is 2.45. The van der Waals surface area contributed by atoms with Crippen molar-refractivity contribution in [3.8, 4) is 0 Å². The number of rotatable bonds is 17. The second-order valence-electron chi connectivity index (χ2n) is 31.1. The van der Waals surface area contributed by atoms with Gasteiger partial charge in [-0.15, -0.1) is 0 Å². The highest BCUT2D eigenvalue weighted by atomic mass is 14.4. The standard InChI is InChI=1S/C36H38.C31H36.C30H34/c1-3-8-27(9-4-1)24-28-14-16-29(17-15-28)25-30-18-20-31(21-19-30)26-33-22-23-35(32-10-5-2-6-11-32)36-13-7-12-34(33)36;1-21-18-23(3)31(19-22(21)2)26-14-12-24(13-15-26)20-27-16-17-29(25-8-5-4-6-9-25)30-11-7-10-28(27)30;1-3-8-23(9-4-1)14-15-24-16-18-25(19-17-24)22-27-20-21-29(26-10-5-2-6-11-26)30-13-7-12-28(27)30/h1,3-5,7-13,18-23,28-29,36H,2,6,14-17,24-26H2;5,7-17,21-23,30-31H,4,6,18-20H2,1-3H3;5,7,10-13,16-21,23,30H,1-4,6,8-9,14-15,22H2. The molecule has 0 nitrogen and oxygen atoms in total. The monoisotopic (exact) mass is 1270 g/mol. The van der Waals surface area contributed by atoms with Crippen molar-refractivity contribution in [1.82, 2.24) is 0 Å². The van der Waals surface area contributed by atoms with Crippen LogP contribution in [0.15, 0.2) is 316 Å². The zero-order valence-corrected chi connectivity index (χ0v) is 58.9. The number of aryl methyl sites for hydroxylation is 1. The summed E-state index contributed by atoms with van der Waals surface area (Å²) in [5.41, 5.74) is 27.9. The Morgan fingerprint density at radius 3 is 1.16 bits per heavy atom.